The highest BCUT2D eigenvalue weighted by molar-refractivity contribution is 7.89. The lowest BCUT2D eigenvalue weighted by Gasteiger charge is -2.20. The average molecular weight is 408 g/mol. The van der Waals surface area contributed by atoms with Gasteiger partial charge in [-0.2, -0.15) is 4.31 Å². The molecule has 0 fully saturated rings. The first-order valence-corrected chi connectivity index (χ1v) is 9.91. The summed E-state index contributed by atoms with van der Waals surface area (Å²) in [5.74, 6) is -0.287. The summed E-state index contributed by atoms with van der Waals surface area (Å²) in [5, 5.41) is 5.91. The summed E-state index contributed by atoms with van der Waals surface area (Å²) in [6.45, 7) is 8.50. The molecule has 0 aliphatic carbocycles. The van der Waals surface area contributed by atoms with Crippen LogP contribution in [0, 0.1) is 6.92 Å². The number of carbonyl (C=O) groups excluding carboxylic acids is 1. The molecule has 150 valence electrons. The molecule has 0 saturated carbocycles. The van der Waals surface area contributed by atoms with E-state index in [4.69, 9.17) is 4.74 Å². The number of sulfonamides is 1. The lowest BCUT2D eigenvalue weighted by molar-refractivity contribution is 0.0953. The Morgan fingerprint density at radius 1 is 1.15 bits per heavy atom. The summed E-state index contributed by atoms with van der Waals surface area (Å²) in [5.41, 5.74) is 0.970. The molecule has 1 rings (SSSR count). The molecule has 0 radical (unpaired) electrons. The molecule has 0 saturated heterocycles. The van der Waals surface area contributed by atoms with Crippen LogP contribution in [0.25, 0.3) is 0 Å². The van der Waals surface area contributed by atoms with Gasteiger partial charge in [-0.25, -0.2) is 8.42 Å². The third kappa shape index (κ3) is 6.85. The van der Waals surface area contributed by atoms with Crippen molar-refractivity contribution in [3.8, 4) is 0 Å². The van der Waals surface area contributed by atoms with Gasteiger partial charge in [-0.05, 0) is 24.6 Å². The molecule has 9 heteroatoms. The smallest absolute Gasteiger partial charge is 0.251 e. The van der Waals surface area contributed by atoms with Gasteiger partial charge in [0, 0.05) is 45.4 Å². The number of hydrogen-bond acceptors (Lipinski definition) is 5. The summed E-state index contributed by atoms with van der Waals surface area (Å²) >= 11 is 0. The standard InChI is InChI=1S/C17H29N3O4S.ClH/c1-5-20(6-2)25(22,23)16-13-15(8-7-14(16)3)17(21)19-10-9-18-11-12-24-4;/h7-8,13,18H,5-6,9-12H2,1-4H3,(H,19,21);1H. The largest absolute Gasteiger partial charge is 0.383 e. The summed E-state index contributed by atoms with van der Waals surface area (Å²) in [6, 6.07) is 4.77. The molecular formula is C17H30ClN3O4S. The van der Waals surface area contributed by atoms with E-state index in [1.54, 1.807) is 40.0 Å². The zero-order valence-corrected chi connectivity index (χ0v) is 17.5. The second-order valence-corrected chi connectivity index (χ2v) is 7.47. The number of nitrogens with zero attached hydrogens (tertiary/aromatic N) is 1. The number of carbonyl (C=O) groups is 1. The van der Waals surface area contributed by atoms with Crippen LogP contribution in [0.2, 0.25) is 0 Å². The Balaban J connectivity index is 0.00000625. The molecular weight excluding hydrogens is 378 g/mol. The van der Waals surface area contributed by atoms with Gasteiger partial charge in [0.15, 0.2) is 0 Å². The molecule has 1 amide bonds. The Morgan fingerprint density at radius 2 is 1.81 bits per heavy atom. The van der Waals surface area contributed by atoms with Gasteiger partial charge in [-0.3, -0.25) is 4.79 Å². The second-order valence-electron chi connectivity index (χ2n) is 5.57. The van der Waals surface area contributed by atoms with E-state index in [1.807, 2.05) is 0 Å². The van der Waals surface area contributed by atoms with Crippen molar-refractivity contribution in [3.63, 3.8) is 0 Å². The minimum atomic E-state index is -3.60. The van der Waals surface area contributed by atoms with Crippen molar-refractivity contribution < 1.29 is 17.9 Å². The molecule has 0 atom stereocenters. The topological polar surface area (TPSA) is 87.7 Å². The van der Waals surface area contributed by atoms with Gasteiger partial charge < -0.3 is 15.4 Å². The van der Waals surface area contributed by atoms with Gasteiger partial charge in [0.05, 0.1) is 11.5 Å². The summed E-state index contributed by atoms with van der Waals surface area (Å²) in [6.07, 6.45) is 0. The average Bonchev–Trinajstić information content (AvgIpc) is 2.58. The summed E-state index contributed by atoms with van der Waals surface area (Å²) < 4.78 is 31.8. The number of halogens is 1. The van der Waals surface area contributed by atoms with E-state index in [-0.39, 0.29) is 23.2 Å². The Hall–Kier alpha value is -1.19. The quantitative estimate of drug-likeness (QED) is 0.541. The molecule has 7 nitrogen and oxygen atoms in total. The van der Waals surface area contributed by atoms with Gasteiger partial charge in [-0.1, -0.05) is 19.9 Å². The van der Waals surface area contributed by atoms with Gasteiger partial charge in [0.25, 0.3) is 5.91 Å². The number of amides is 1. The van der Waals surface area contributed by atoms with Crippen LogP contribution in [0.3, 0.4) is 0 Å². The van der Waals surface area contributed by atoms with Crippen molar-refractivity contribution in [2.45, 2.75) is 25.7 Å². The van der Waals surface area contributed by atoms with Gasteiger partial charge >= 0.3 is 0 Å². The fourth-order valence-electron chi connectivity index (χ4n) is 2.39. The number of hydrogen-bond donors (Lipinski definition) is 2. The third-order valence-corrected chi connectivity index (χ3v) is 6.04. The minimum absolute atomic E-state index is 0. The highest BCUT2D eigenvalue weighted by Gasteiger charge is 2.24. The lowest BCUT2D eigenvalue weighted by atomic mass is 10.1. The first-order chi connectivity index (χ1) is 11.9. The Labute approximate surface area is 162 Å². The lowest BCUT2D eigenvalue weighted by Crippen LogP contribution is -2.33. The molecule has 0 aromatic heterocycles. The van der Waals surface area contributed by atoms with Gasteiger partial charge in [0.1, 0.15) is 0 Å². The van der Waals surface area contributed by atoms with Crippen molar-refractivity contribution >= 4 is 28.3 Å². The molecule has 2 N–H and O–H groups in total. The Kier molecular flexibility index (Phi) is 11.7. The minimum Gasteiger partial charge on any atom is -0.383 e. The third-order valence-electron chi connectivity index (χ3n) is 3.84. The highest BCUT2D eigenvalue weighted by Crippen LogP contribution is 2.21. The van der Waals surface area contributed by atoms with Crippen molar-refractivity contribution in [1.82, 2.24) is 14.9 Å². The number of nitrogens with one attached hydrogen (secondary N) is 2. The molecule has 26 heavy (non-hydrogen) atoms. The van der Waals surface area contributed by atoms with E-state index >= 15 is 0 Å². The SMILES string of the molecule is CCN(CC)S(=O)(=O)c1cc(C(=O)NCCNCCOC)ccc1C.Cl. The molecule has 1 aromatic rings. The molecule has 1 aromatic carbocycles. The zero-order chi connectivity index (χ0) is 18.9. The van der Waals surface area contributed by atoms with E-state index in [2.05, 4.69) is 10.6 Å². The molecule has 0 aliphatic heterocycles. The zero-order valence-electron chi connectivity index (χ0n) is 15.9. The van der Waals surface area contributed by atoms with Gasteiger partial charge in [-0.15, -0.1) is 12.4 Å². The summed E-state index contributed by atoms with van der Waals surface area (Å²) in [4.78, 5) is 12.4. The normalized spacial score (nSPS) is 11.3. The number of aryl methyl sites for hydroxylation is 1. The predicted octanol–water partition coefficient (Wildman–Crippen LogP) is 1.41. The predicted molar refractivity (Wildman–Crippen MR) is 106 cm³/mol. The molecule has 0 bridgehead atoms. The van der Waals surface area contributed by atoms with Crippen molar-refractivity contribution in [2.75, 3.05) is 46.4 Å². The van der Waals surface area contributed by atoms with Crippen LogP contribution in [-0.4, -0.2) is 65.1 Å². The number of ether oxygens (including phenoxy) is 1. The highest BCUT2D eigenvalue weighted by atomic mass is 35.5. The molecule has 0 aliphatic rings. The maximum atomic E-state index is 12.7. The Bertz CT molecular complexity index is 664. The van der Waals surface area contributed by atoms with E-state index in [0.29, 0.717) is 50.5 Å². The first kappa shape index (κ1) is 24.8. The van der Waals surface area contributed by atoms with E-state index in [0.717, 1.165) is 0 Å². The number of methoxy groups -OCH3 is 1. The number of benzene rings is 1. The molecule has 0 spiro atoms. The van der Waals surface area contributed by atoms with Crippen LogP contribution in [0.15, 0.2) is 23.1 Å². The molecule has 0 heterocycles. The van der Waals surface area contributed by atoms with E-state index in [1.165, 1.54) is 10.4 Å². The maximum Gasteiger partial charge on any atom is 0.251 e. The van der Waals surface area contributed by atoms with Crippen LogP contribution < -0.4 is 10.6 Å². The van der Waals surface area contributed by atoms with Crippen LogP contribution in [0.4, 0.5) is 0 Å². The monoisotopic (exact) mass is 407 g/mol. The Morgan fingerprint density at radius 3 is 2.38 bits per heavy atom. The van der Waals surface area contributed by atoms with Crippen LogP contribution in [0.5, 0.6) is 0 Å². The maximum absolute atomic E-state index is 12.7. The van der Waals surface area contributed by atoms with E-state index < -0.39 is 10.0 Å². The second kappa shape index (κ2) is 12.2. The number of rotatable bonds is 11. The van der Waals surface area contributed by atoms with Gasteiger partial charge in [0.2, 0.25) is 10.0 Å². The van der Waals surface area contributed by atoms with Crippen LogP contribution in [0.1, 0.15) is 29.8 Å². The fraction of sp³-hybridized carbons (Fsp3) is 0.588. The summed E-state index contributed by atoms with van der Waals surface area (Å²) in [7, 11) is -1.97. The van der Waals surface area contributed by atoms with Crippen LogP contribution >= 0.6 is 12.4 Å². The van der Waals surface area contributed by atoms with Crippen molar-refractivity contribution in [3.05, 3.63) is 29.3 Å². The first-order valence-electron chi connectivity index (χ1n) is 8.47. The van der Waals surface area contributed by atoms with Crippen molar-refractivity contribution in [1.29, 1.82) is 0 Å². The van der Waals surface area contributed by atoms with Crippen LogP contribution in [-0.2, 0) is 14.8 Å². The van der Waals surface area contributed by atoms with E-state index in [9.17, 15) is 13.2 Å². The fourth-order valence-corrected chi connectivity index (χ4v) is 4.10. The molecule has 0 unspecified atom stereocenters. The van der Waals surface area contributed by atoms with Crippen molar-refractivity contribution in [2.24, 2.45) is 0 Å².